The lowest BCUT2D eigenvalue weighted by atomic mass is 9.88. The zero-order valence-electron chi connectivity index (χ0n) is 19.0. The van der Waals surface area contributed by atoms with Crippen LogP contribution in [0.25, 0.3) is 0 Å². The zero-order valence-corrected chi connectivity index (χ0v) is 19.7. The molecule has 0 radical (unpaired) electrons. The monoisotopic (exact) mass is 408 g/mol. The fourth-order valence-electron chi connectivity index (χ4n) is 3.54. The molecule has 28 heavy (non-hydrogen) atoms. The van der Waals surface area contributed by atoms with Crippen molar-refractivity contribution < 1.29 is 9.90 Å². The number of benzene rings is 1. The average Bonchev–Trinajstić information content (AvgIpc) is 2.54. The molecule has 2 nitrogen and oxygen atoms in total. The van der Waals surface area contributed by atoms with E-state index in [1.165, 1.54) is 12.8 Å². The van der Waals surface area contributed by atoms with Crippen molar-refractivity contribution in [2.45, 2.75) is 106 Å². The topological polar surface area (TPSA) is 37.3 Å². The molecule has 0 saturated heterocycles. The Morgan fingerprint density at radius 1 is 0.821 bits per heavy atom. The number of carbonyl (C=O) groups is 1. The molecule has 1 N–H and O–H groups in total. The van der Waals surface area contributed by atoms with Crippen molar-refractivity contribution in [3.05, 3.63) is 28.8 Å². The average molecular weight is 409 g/mol. The van der Waals surface area contributed by atoms with Crippen molar-refractivity contribution in [1.29, 1.82) is 0 Å². The van der Waals surface area contributed by atoms with Crippen molar-refractivity contribution in [2.75, 3.05) is 0 Å². The Bertz CT molecular complexity index is 577. The Hall–Kier alpha value is -1.02. The number of phenolic OH excluding ortho intramolecular Hbond substituents is 1. The number of unbranched alkanes of at least 4 members (excludes halogenated alkanes) is 2. The smallest absolute Gasteiger partial charge is 0.221 e. The number of hydrogen-bond acceptors (Lipinski definition) is 2. The van der Waals surface area contributed by atoms with Gasteiger partial charge in [-0.05, 0) is 84.1 Å². The first kappa shape index (κ1) is 25.0. The Morgan fingerprint density at radius 2 is 1.25 bits per heavy atom. The second-order valence-corrected chi connectivity index (χ2v) is 11.1. The van der Waals surface area contributed by atoms with Gasteiger partial charge in [0.2, 0.25) is 5.24 Å². The molecule has 1 aromatic rings. The third kappa shape index (κ3) is 11.1. The van der Waals surface area contributed by atoms with Crippen LogP contribution >= 0.6 is 11.6 Å². The minimum absolute atomic E-state index is 0.300. The molecular formula is C25H41ClO2. The van der Waals surface area contributed by atoms with Gasteiger partial charge < -0.3 is 5.11 Å². The maximum Gasteiger partial charge on any atom is 0.221 e. The first-order chi connectivity index (χ1) is 12.9. The van der Waals surface area contributed by atoms with E-state index in [-0.39, 0.29) is 5.24 Å². The van der Waals surface area contributed by atoms with Gasteiger partial charge in [0.05, 0.1) is 0 Å². The summed E-state index contributed by atoms with van der Waals surface area (Å²) in [6.45, 7) is 13.6. The first-order valence-corrected chi connectivity index (χ1v) is 11.3. The number of phenols is 1. The van der Waals surface area contributed by atoms with Gasteiger partial charge in [-0.15, -0.1) is 0 Å². The van der Waals surface area contributed by atoms with Crippen LogP contribution in [0.4, 0.5) is 0 Å². The molecule has 0 aliphatic carbocycles. The molecule has 0 spiro atoms. The highest BCUT2D eigenvalue weighted by Gasteiger charge is 2.14. The van der Waals surface area contributed by atoms with Crippen molar-refractivity contribution in [3.8, 4) is 5.75 Å². The maximum atomic E-state index is 11.2. The highest BCUT2D eigenvalue weighted by atomic mass is 35.5. The van der Waals surface area contributed by atoms with Gasteiger partial charge in [-0.1, -0.05) is 66.5 Å². The van der Waals surface area contributed by atoms with Gasteiger partial charge in [0.1, 0.15) is 5.75 Å². The number of aryl methyl sites for hydroxylation is 3. The molecule has 0 heterocycles. The summed E-state index contributed by atoms with van der Waals surface area (Å²) in [6.07, 6.45) is 9.62. The highest BCUT2D eigenvalue weighted by molar-refractivity contribution is 6.63. The van der Waals surface area contributed by atoms with E-state index in [0.29, 0.717) is 29.4 Å². The standard InChI is InChI=1S/C25H41ClO2/c1-24(2,3)15-9-7-11-20-17-19(13-14-22(26)27)18-21(23(20)28)12-8-10-16-25(4,5)6/h17-18,28H,7-16H2,1-6H3. The van der Waals surface area contributed by atoms with Gasteiger partial charge in [-0.25, -0.2) is 0 Å². The molecule has 0 amide bonds. The molecule has 0 aliphatic rings. The van der Waals surface area contributed by atoms with Gasteiger partial charge in [0.25, 0.3) is 0 Å². The number of hydrogen-bond donors (Lipinski definition) is 1. The Labute approximate surface area is 178 Å². The van der Waals surface area contributed by atoms with Crippen LogP contribution < -0.4 is 0 Å². The van der Waals surface area contributed by atoms with E-state index in [1.54, 1.807) is 0 Å². The number of halogens is 1. The Morgan fingerprint density at radius 3 is 1.61 bits per heavy atom. The minimum atomic E-state index is -0.300. The van der Waals surface area contributed by atoms with E-state index >= 15 is 0 Å². The molecule has 0 unspecified atom stereocenters. The summed E-state index contributed by atoms with van der Waals surface area (Å²) in [5, 5.41) is 10.5. The number of aromatic hydroxyl groups is 1. The van der Waals surface area contributed by atoms with Crippen LogP contribution in [0, 0.1) is 10.8 Å². The fraction of sp³-hybridized carbons (Fsp3) is 0.720. The van der Waals surface area contributed by atoms with Gasteiger partial charge in [-0.2, -0.15) is 0 Å². The van der Waals surface area contributed by atoms with E-state index in [4.69, 9.17) is 11.6 Å². The quantitative estimate of drug-likeness (QED) is 0.302. The summed E-state index contributed by atoms with van der Waals surface area (Å²) in [6, 6.07) is 4.15. The van der Waals surface area contributed by atoms with E-state index in [2.05, 4.69) is 53.7 Å². The molecule has 0 bridgehead atoms. The van der Waals surface area contributed by atoms with E-state index < -0.39 is 0 Å². The summed E-state index contributed by atoms with van der Waals surface area (Å²) in [5.74, 6) is 0.465. The van der Waals surface area contributed by atoms with Crippen molar-refractivity contribution in [3.63, 3.8) is 0 Å². The maximum absolute atomic E-state index is 11.2. The van der Waals surface area contributed by atoms with Crippen LogP contribution in [0.15, 0.2) is 12.1 Å². The van der Waals surface area contributed by atoms with Gasteiger partial charge in [0.15, 0.2) is 0 Å². The fourth-order valence-corrected chi connectivity index (χ4v) is 3.64. The highest BCUT2D eigenvalue weighted by Crippen LogP contribution is 2.30. The van der Waals surface area contributed by atoms with Crippen LogP contribution in [0.1, 0.15) is 103 Å². The van der Waals surface area contributed by atoms with Gasteiger partial charge in [-0.3, -0.25) is 4.79 Å². The molecule has 0 saturated carbocycles. The summed E-state index contributed by atoms with van der Waals surface area (Å²) in [4.78, 5) is 11.2. The largest absolute Gasteiger partial charge is 0.507 e. The lowest BCUT2D eigenvalue weighted by Gasteiger charge is -2.19. The van der Waals surface area contributed by atoms with Crippen LogP contribution in [0.3, 0.4) is 0 Å². The lowest BCUT2D eigenvalue weighted by molar-refractivity contribution is -0.111. The minimum Gasteiger partial charge on any atom is -0.507 e. The Balaban J connectivity index is 2.81. The number of carbonyl (C=O) groups excluding carboxylic acids is 1. The van der Waals surface area contributed by atoms with Crippen molar-refractivity contribution in [1.82, 2.24) is 0 Å². The third-order valence-electron chi connectivity index (χ3n) is 5.18. The third-order valence-corrected chi connectivity index (χ3v) is 5.37. The van der Waals surface area contributed by atoms with Crippen LogP contribution in [0.2, 0.25) is 0 Å². The number of rotatable bonds is 11. The van der Waals surface area contributed by atoms with Gasteiger partial charge in [0, 0.05) is 6.42 Å². The second kappa shape index (κ2) is 11.2. The molecule has 3 heteroatoms. The Kier molecular flexibility index (Phi) is 10.0. The van der Waals surface area contributed by atoms with E-state index in [9.17, 15) is 9.90 Å². The van der Waals surface area contributed by atoms with Crippen LogP contribution in [-0.2, 0) is 24.1 Å². The molecule has 1 aromatic carbocycles. The summed E-state index contributed by atoms with van der Waals surface area (Å²) < 4.78 is 0. The van der Waals surface area contributed by atoms with E-state index in [0.717, 1.165) is 55.2 Å². The summed E-state index contributed by atoms with van der Waals surface area (Å²) >= 11 is 5.54. The molecular weight excluding hydrogens is 368 g/mol. The van der Waals surface area contributed by atoms with Crippen molar-refractivity contribution in [2.24, 2.45) is 10.8 Å². The molecule has 0 aliphatic heterocycles. The van der Waals surface area contributed by atoms with Crippen molar-refractivity contribution >= 4 is 16.8 Å². The summed E-state index contributed by atoms with van der Waals surface area (Å²) in [7, 11) is 0. The zero-order chi connectivity index (χ0) is 21.4. The van der Waals surface area contributed by atoms with Crippen LogP contribution in [-0.4, -0.2) is 10.3 Å². The first-order valence-electron chi connectivity index (χ1n) is 10.9. The summed E-state index contributed by atoms with van der Waals surface area (Å²) in [5.41, 5.74) is 3.87. The van der Waals surface area contributed by atoms with E-state index in [1.807, 2.05) is 0 Å². The molecule has 1 rings (SSSR count). The second-order valence-electron chi connectivity index (χ2n) is 10.7. The van der Waals surface area contributed by atoms with Gasteiger partial charge >= 0.3 is 0 Å². The molecule has 0 aromatic heterocycles. The predicted octanol–water partition coefficient (Wildman–Crippen LogP) is 7.61. The SMILES string of the molecule is CC(C)(C)CCCCc1cc(CCC(=O)Cl)cc(CCCCC(C)(C)C)c1O. The lowest BCUT2D eigenvalue weighted by Crippen LogP contribution is -2.05. The molecule has 0 atom stereocenters. The predicted molar refractivity (Wildman–Crippen MR) is 121 cm³/mol. The molecule has 160 valence electrons. The molecule has 0 fully saturated rings. The normalized spacial score (nSPS) is 12.4. The van der Waals surface area contributed by atoms with Crippen LogP contribution in [0.5, 0.6) is 5.75 Å².